The number of hydrogen-bond acceptors (Lipinski definition) is 5. The molecule has 0 saturated heterocycles. The average Bonchev–Trinajstić information content (AvgIpc) is 3.29. The van der Waals surface area contributed by atoms with E-state index in [9.17, 15) is 9.90 Å². The number of nitrogens with one attached hydrogen (secondary N) is 1. The molecule has 110 valence electrons. The monoisotopic (exact) mass is 279 g/mol. The van der Waals surface area contributed by atoms with Crippen molar-refractivity contribution in [1.29, 1.82) is 0 Å². The number of methoxy groups -OCH3 is 2. The van der Waals surface area contributed by atoms with Gasteiger partial charge in [0.15, 0.2) is 0 Å². The lowest BCUT2D eigenvalue weighted by Crippen LogP contribution is -2.38. The van der Waals surface area contributed by atoms with Crippen molar-refractivity contribution in [3.8, 4) is 5.75 Å². The van der Waals surface area contributed by atoms with E-state index in [1.807, 2.05) is 12.1 Å². The van der Waals surface area contributed by atoms with Crippen molar-refractivity contribution in [1.82, 2.24) is 5.32 Å². The van der Waals surface area contributed by atoms with E-state index in [0.717, 1.165) is 24.2 Å². The molecule has 0 aliphatic heterocycles. The quantitative estimate of drug-likeness (QED) is 0.739. The minimum atomic E-state index is -0.749. The van der Waals surface area contributed by atoms with E-state index < -0.39 is 6.10 Å². The molecule has 0 heterocycles. The van der Waals surface area contributed by atoms with Crippen LogP contribution in [0.1, 0.15) is 30.9 Å². The van der Waals surface area contributed by atoms with Gasteiger partial charge in [-0.3, -0.25) is 4.79 Å². The van der Waals surface area contributed by atoms with Gasteiger partial charge in [0.1, 0.15) is 5.75 Å². The van der Waals surface area contributed by atoms with Crippen LogP contribution in [-0.2, 0) is 9.53 Å². The summed E-state index contributed by atoms with van der Waals surface area (Å²) in [6.07, 6.45) is 1.58. The van der Waals surface area contributed by atoms with Crippen molar-refractivity contribution >= 4 is 5.97 Å². The minimum absolute atomic E-state index is 0.153. The normalized spacial score (nSPS) is 17.4. The van der Waals surface area contributed by atoms with Gasteiger partial charge in [-0.05, 0) is 30.5 Å². The lowest BCUT2D eigenvalue weighted by atomic mass is 9.99. The summed E-state index contributed by atoms with van der Waals surface area (Å²) in [5.41, 5.74) is 0.757. The van der Waals surface area contributed by atoms with Crippen LogP contribution in [0.4, 0.5) is 0 Å². The van der Waals surface area contributed by atoms with Crippen molar-refractivity contribution in [2.45, 2.75) is 37.5 Å². The standard InChI is InChI=1S/C15H21NO4/c1-19-12-7-3-10(4-8-12)15(18)13(9-14(17)20-2)16-11-5-6-11/h3-4,7-8,11,13,15-16,18H,5-6,9H2,1-2H3. The lowest BCUT2D eigenvalue weighted by molar-refractivity contribution is -0.142. The SMILES string of the molecule is COC(=O)CC(NC1CC1)C(O)c1ccc(OC)cc1. The fourth-order valence-corrected chi connectivity index (χ4v) is 2.11. The van der Waals surface area contributed by atoms with Crippen molar-refractivity contribution in [2.24, 2.45) is 0 Å². The van der Waals surface area contributed by atoms with Crippen molar-refractivity contribution in [3.63, 3.8) is 0 Å². The number of carbonyl (C=O) groups is 1. The van der Waals surface area contributed by atoms with Crippen molar-refractivity contribution in [3.05, 3.63) is 29.8 Å². The fraction of sp³-hybridized carbons (Fsp3) is 0.533. The molecule has 1 saturated carbocycles. The summed E-state index contributed by atoms with van der Waals surface area (Å²) in [5, 5.41) is 13.8. The zero-order chi connectivity index (χ0) is 14.5. The van der Waals surface area contributed by atoms with Crippen LogP contribution >= 0.6 is 0 Å². The number of benzene rings is 1. The molecule has 2 atom stereocenters. The summed E-state index contributed by atoms with van der Waals surface area (Å²) >= 11 is 0. The second kappa shape index (κ2) is 6.72. The van der Waals surface area contributed by atoms with E-state index in [1.54, 1.807) is 19.2 Å². The Morgan fingerprint density at radius 2 is 2.00 bits per heavy atom. The Bertz CT molecular complexity index is 442. The van der Waals surface area contributed by atoms with Crippen molar-refractivity contribution in [2.75, 3.05) is 14.2 Å². The molecule has 5 nitrogen and oxygen atoms in total. The van der Waals surface area contributed by atoms with Gasteiger partial charge >= 0.3 is 5.97 Å². The lowest BCUT2D eigenvalue weighted by Gasteiger charge is -2.23. The summed E-state index contributed by atoms with van der Waals surface area (Å²) in [4.78, 5) is 11.5. The molecule has 1 aliphatic carbocycles. The van der Waals surface area contributed by atoms with Gasteiger partial charge in [0.05, 0.1) is 26.7 Å². The highest BCUT2D eigenvalue weighted by Gasteiger charge is 2.30. The highest BCUT2D eigenvalue weighted by molar-refractivity contribution is 5.70. The average molecular weight is 279 g/mol. The van der Waals surface area contributed by atoms with Gasteiger partial charge in [0.25, 0.3) is 0 Å². The van der Waals surface area contributed by atoms with E-state index in [0.29, 0.717) is 6.04 Å². The van der Waals surface area contributed by atoms with E-state index >= 15 is 0 Å². The Morgan fingerprint density at radius 3 is 2.50 bits per heavy atom. The molecule has 0 radical (unpaired) electrons. The fourth-order valence-electron chi connectivity index (χ4n) is 2.11. The minimum Gasteiger partial charge on any atom is -0.497 e. The summed E-state index contributed by atoms with van der Waals surface area (Å²) < 4.78 is 9.79. The van der Waals surface area contributed by atoms with Gasteiger partial charge in [-0.2, -0.15) is 0 Å². The second-order valence-corrected chi connectivity index (χ2v) is 5.05. The molecule has 0 bridgehead atoms. The molecule has 0 aromatic heterocycles. The van der Waals surface area contributed by atoms with E-state index in [1.165, 1.54) is 7.11 Å². The topological polar surface area (TPSA) is 67.8 Å². The maximum atomic E-state index is 11.5. The maximum absolute atomic E-state index is 11.5. The van der Waals surface area contributed by atoms with E-state index in [4.69, 9.17) is 9.47 Å². The number of aliphatic hydroxyl groups is 1. The molecular weight excluding hydrogens is 258 g/mol. The first kappa shape index (κ1) is 14.8. The molecule has 1 aliphatic rings. The van der Waals surface area contributed by atoms with Crippen LogP contribution in [0.5, 0.6) is 5.75 Å². The molecular formula is C15H21NO4. The predicted molar refractivity (Wildman–Crippen MR) is 74.5 cm³/mol. The Morgan fingerprint density at radius 1 is 1.35 bits per heavy atom. The van der Waals surface area contributed by atoms with Crippen LogP contribution in [-0.4, -0.2) is 37.4 Å². The third-order valence-corrected chi connectivity index (χ3v) is 3.48. The third-order valence-electron chi connectivity index (χ3n) is 3.48. The van der Waals surface area contributed by atoms with Crippen molar-refractivity contribution < 1.29 is 19.4 Å². The first-order valence-corrected chi connectivity index (χ1v) is 6.79. The zero-order valence-corrected chi connectivity index (χ0v) is 11.8. The van der Waals surface area contributed by atoms with Crippen LogP contribution in [0.3, 0.4) is 0 Å². The molecule has 2 unspecified atom stereocenters. The number of ether oxygens (including phenoxy) is 2. The van der Waals surface area contributed by atoms with Crippen LogP contribution in [0, 0.1) is 0 Å². The van der Waals surface area contributed by atoms with Gasteiger partial charge in [-0.15, -0.1) is 0 Å². The molecule has 2 N–H and O–H groups in total. The maximum Gasteiger partial charge on any atom is 0.307 e. The molecule has 1 aromatic rings. The Kier molecular flexibility index (Phi) is 4.98. The van der Waals surface area contributed by atoms with Gasteiger partial charge in [-0.1, -0.05) is 12.1 Å². The number of esters is 1. The number of aliphatic hydroxyl groups excluding tert-OH is 1. The summed E-state index contributed by atoms with van der Waals surface area (Å²) in [5.74, 6) is 0.413. The van der Waals surface area contributed by atoms with Gasteiger partial charge in [-0.25, -0.2) is 0 Å². The Balaban J connectivity index is 2.06. The first-order chi connectivity index (χ1) is 9.63. The zero-order valence-electron chi connectivity index (χ0n) is 11.8. The van der Waals surface area contributed by atoms with Gasteiger partial charge < -0.3 is 19.9 Å². The van der Waals surface area contributed by atoms with Crippen LogP contribution < -0.4 is 10.1 Å². The molecule has 20 heavy (non-hydrogen) atoms. The molecule has 5 heteroatoms. The Hall–Kier alpha value is -1.59. The second-order valence-electron chi connectivity index (χ2n) is 5.05. The van der Waals surface area contributed by atoms with Gasteiger partial charge in [0, 0.05) is 12.1 Å². The summed E-state index contributed by atoms with van der Waals surface area (Å²) in [6, 6.07) is 7.28. The highest BCUT2D eigenvalue weighted by Crippen LogP contribution is 2.26. The van der Waals surface area contributed by atoms with E-state index in [-0.39, 0.29) is 18.4 Å². The molecule has 1 aromatic carbocycles. The third kappa shape index (κ3) is 3.95. The number of rotatable bonds is 7. The van der Waals surface area contributed by atoms with Crippen LogP contribution in [0.15, 0.2) is 24.3 Å². The highest BCUT2D eigenvalue weighted by atomic mass is 16.5. The molecule has 0 amide bonds. The Labute approximate surface area is 118 Å². The van der Waals surface area contributed by atoms with Gasteiger partial charge in [0.2, 0.25) is 0 Å². The number of carbonyl (C=O) groups excluding carboxylic acids is 1. The molecule has 1 fully saturated rings. The largest absolute Gasteiger partial charge is 0.497 e. The first-order valence-electron chi connectivity index (χ1n) is 6.79. The number of hydrogen-bond donors (Lipinski definition) is 2. The molecule has 0 spiro atoms. The smallest absolute Gasteiger partial charge is 0.307 e. The summed E-state index contributed by atoms with van der Waals surface area (Å²) in [6.45, 7) is 0. The predicted octanol–water partition coefficient (Wildman–Crippen LogP) is 1.41. The summed E-state index contributed by atoms with van der Waals surface area (Å²) in [7, 11) is 2.95. The van der Waals surface area contributed by atoms with Crippen LogP contribution in [0.25, 0.3) is 0 Å². The van der Waals surface area contributed by atoms with E-state index in [2.05, 4.69) is 5.32 Å². The molecule has 2 rings (SSSR count). The van der Waals surface area contributed by atoms with Crippen LogP contribution in [0.2, 0.25) is 0 Å².